The van der Waals surface area contributed by atoms with E-state index in [1.165, 1.54) is 0 Å². The molecule has 0 saturated carbocycles. The van der Waals surface area contributed by atoms with Crippen LogP contribution in [-0.2, 0) is 16.1 Å². The Hall–Kier alpha value is -2.39. The van der Waals surface area contributed by atoms with Crippen molar-refractivity contribution >= 4 is 17.6 Å². The first-order valence-electron chi connectivity index (χ1n) is 9.57. The minimum Gasteiger partial charge on any atom is -0.463 e. The van der Waals surface area contributed by atoms with E-state index in [1.54, 1.807) is 26.1 Å². The average Bonchev–Trinajstić information content (AvgIpc) is 2.65. The highest BCUT2D eigenvalue weighted by Crippen LogP contribution is 2.23. The summed E-state index contributed by atoms with van der Waals surface area (Å²) in [6, 6.07) is 3.57. The molecule has 2 heterocycles. The molecule has 10 heteroatoms. The van der Waals surface area contributed by atoms with Crippen LogP contribution < -0.4 is 0 Å². The van der Waals surface area contributed by atoms with Crippen LogP contribution >= 0.6 is 11.6 Å². The SMILES string of the molecule is CCN(Cc1ccc(Cl)nc1)C1=C([N+](=O)[O-])CN(CCC(=O)OC(C)C)CN1C. The molecule has 1 aliphatic rings. The largest absolute Gasteiger partial charge is 0.463 e. The van der Waals surface area contributed by atoms with E-state index in [4.69, 9.17) is 16.3 Å². The molecule has 0 unspecified atom stereocenters. The summed E-state index contributed by atoms with van der Waals surface area (Å²) in [6.07, 6.45) is 1.69. The van der Waals surface area contributed by atoms with Crippen molar-refractivity contribution in [3.05, 3.63) is 50.7 Å². The summed E-state index contributed by atoms with van der Waals surface area (Å²) in [5, 5.41) is 12.2. The molecule has 0 aliphatic carbocycles. The van der Waals surface area contributed by atoms with Gasteiger partial charge in [0.25, 0.3) is 5.70 Å². The van der Waals surface area contributed by atoms with Crippen LogP contribution in [0.25, 0.3) is 0 Å². The Morgan fingerprint density at radius 2 is 2.17 bits per heavy atom. The predicted molar refractivity (Wildman–Crippen MR) is 109 cm³/mol. The van der Waals surface area contributed by atoms with Gasteiger partial charge in [-0.05, 0) is 32.4 Å². The van der Waals surface area contributed by atoms with Gasteiger partial charge in [-0.3, -0.25) is 19.8 Å². The van der Waals surface area contributed by atoms with Crippen LogP contribution in [0.2, 0.25) is 5.15 Å². The maximum Gasteiger partial charge on any atom is 0.307 e. The number of carbonyl (C=O) groups excluding carboxylic acids is 1. The van der Waals surface area contributed by atoms with Crippen LogP contribution in [0.15, 0.2) is 29.8 Å². The number of halogens is 1. The number of nitrogens with zero attached hydrogens (tertiary/aromatic N) is 5. The molecule has 0 aromatic carbocycles. The van der Waals surface area contributed by atoms with E-state index in [-0.39, 0.29) is 35.7 Å². The van der Waals surface area contributed by atoms with Crippen LogP contribution in [0.5, 0.6) is 0 Å². The third-order valence-electron chi connectivity index (χ3n) is 4.47. The Morgan fingerprint density at radius 1 is 1.45 bits per heavy atom. The monoisotopic (exact) mass is 425 g/mol. The topological polar surface area (TPSA) is 92.0 Å². The average molecular weight is 426 g/mol. The minimum absolute atomic E-state index is 0.111. The Kier molecular flexibility index (Phi) is 8.21. The molecule has 0 N–H and O–H groups in total. The van der Waals surface area contributed by atoms with Crippen molar-refractivity contribution < 1.29 is 14.5 Å². The fraction of sp³-hybridized carbons (Fsp3) is 0.579. The molecule has 0 spiro atoms. The Balaban J connectivity index is 2.16. The predicted octanol–water partition coefficient (Wildman–Crippen LogP) is 2.55. The second-order valence-corrected chi connectivity index (χ2v) is 7.60. The van der Waals surface area contributed by atoms with E-state index in [2.05, 4.69) is 4.98 Å². The van der Waals surface area contributed by atoms with Crippen molar-refractivity contribution in [3.63, 3.8) is 0 Å². The van der Waals surface area contributed by atoms with Gasteiger partial charge in [0.05, 0.1) is 30.7 Å². The third kappa shape index (κ3) is 6.57. The zero-order valence-corrected chi connectivity index (χ0v) is 18.1. The van der Waals surface area contributed by atoms with E-state index < -0.39 is 0 Å². The van der Waals surface area contributed by atoms with Gasteiger partial charge in [-0.1, -0.05) is 17.7 Å². The quantitative estimate of drug-likeness (QED) is 0.258. The highest BCUT2D eigenvalue weighted by molar-refractivity contribution is 6.29. The Labute approximate surface area is 176 Å². The smallest absolute Gasteiger partial charge is 0.307 e. The van der Waals surface area contributed by atoms with Gasteiger partial charge in [0.1, 0.15) is 5.15 Å². The number of aromatic nitrogens is 1. The van der Waals surface area contributed by atoms with Crippen LogP contribution in [0.1, 0.15) is 32.8 Å². The van der Waals surface area contributed by atoms with Gasteiger partial charge in [0.2, 0.25) is 0 Å². The fourth-order valence-corrected chi connectivity index (χ4v) is 3.37. The van der Waals surface area contributed by atoms with E-state index in [0.29, 0.717) is 37.3 Å². The molecule has 1 aromatic rings. The lowest BCUT2D eigenvalue weighted by Crippen LogP contribution is -2.48. The lowest BCUT2D eigenvalue weighted by Gasteiger charge is -2.39. The number of hydrogen-bond donors (Lipinski definition) is 0. The van der Waals surface area contributed by atoms with Crippen molar-refractivity contribution in [2.75, 3.05) is 33.4 Å². The number of esters is 1. The van der Waals surface area contributed by atoms with Crippen molar-refractivity contribution in [2.24, 2.45) is 0 Å². The summed E-state index contributed by atoms with van der Waals surface area (Å²) in [6.45, 7) is 7.67. The van der Waals surface area contributed by atoms with Crippen molar-refractivity contribution in [1.82, 2.24) is 19.7 Å². The summed E-state index contributed by atoms with van der Waals surface area (Å²) in [5.74, 6) is 0.277. The van der Waals surface area contributed by atoms with Crippen molar-refractivity contribution in [1.29, 1.82) is 0 Å². The first kappa shape index (κ1) is 22.9. The fourth-order valence-electron chi connectivity index (χ4n) is 3.26. The normalized spacial score (nSPS) is 15.0. The number of hydrogen-bond acceptors (Lipinski definition) is 8. The summed E-state index contributed by atoms with van der Waals surface area (Å²) >= 11 is 5.84. The second-order valence-electron chi connectivity index (χ2n) is 7.21. The van der Waals surface area contributed by atoms with E-state index in [1.807, 2.05) is 34.7 Å². The molecule has 160 valence electrons. The molecule has 9 nitrogen and oxygen atoms in total. The molecule has 29 heavy (non-hydrogen) atoms. The standard InChI is InChI=1S/C19H28ClN5O4/c1-5-24(11-15-6-7-17(20)21-10-15)19-16(25(27)28)12-23(13-22(19)4)9-8-18(26)29-14(2)3/h6-7,10,14H,5,8-9,11-13H2,1-4H3. The van der Waals surface area contributed by atoms with Crippen LogP contribution in [0, 0.1) is 10.1 Å². The minimum atomic E-state index is -0.340. The molecular formula is C19H28ClN5O4. The van der Waals surface area contributed by atoms with Gasteiger partial charge in [-0.15, -0.1) is 0 Å². The van der Waals surface area contributed by atoms with Gasteiger partial charge < -0.3 is 14.5 Å². The van der Waals surface area contributed by atoms with Gasteiger partial charge in [0, 0.05) is 32.9 Å². The highest BCUT2D eigenvalue weighted by atomic mass is 35.5. The number of carbonyl (C=O) groups is 1. The molecule has 0 fully saturated rings. The summed E-state index contributed by atoms with van der Waals surface area (Å²) < 4.78 is 5.15. The lowest BCUT2D eigenvalue weighted by atomic mass is 10.2. The molecule has 1 aromatic heterocycles. The second kappa shape index (κ2) is 10.4. The molecule has 0 bridgehead atoms. The maximum atomic E-state index is 11.8. The molecule has 0 radical (unpaired) electrons. The molecule has 0 amide bonds. The summed E-state index contributed by atoms with van der Waals surface area (Å²) in [4.78, 5) is 33.0. The summed E-state index contributed by atoms with van der Waals surface area (Å²) in [7, 11) is 1.82. The molecule has 2 rings (SSSR count). The van der Waals surface area contributed by atoms with E-state index >= 15 is 0 Å². The Bertz CT molecular complexity index is 753. The first-order valence-corrected chi connectivity index (χ1v) is 9.95. The highest BCUT2D eigenvalue weighted by Gasteiger charge is 2.34. The van der Waals surface area contributed by atoms with Crippen LogP contribution in [0.3, 0.4) is 0 Å². The van der Waals surface area contributed by atoms with Crippen LogP contribution in [0.4, 0.5) is 0 Å². The number of nitro groups is 1. The zero-order valence-electron chi connectivity index (χ0n) is 17.3. The van der Waals surface area contributed by atoms with Gasteiger partial charge in [-0.25, -0.2) is 4.98 Å². The Morgan fingerprint density at radius 3 is 2.72 bits per heavy atom. The molecule has 0 saturated heterocycles. The molecule has 1 aliphatic heterocycles. The summed E-state index contributed by atoms with van der Waals surface area (Å²) in [5.41, 5.74) is 1.03. The van der Waals surface area contributed by atoms with E-state index in [0.717, 1.165) is 5.56 Å². The number of ether oxygens (including phenoxy) is 1. The van der Waals surface area contributed by atoms with Crippen LogP contribution in [-0.4, -0.2) is 70.0 Å². The number of rotatable bonds is 9. The lowest BCUT2D eigenvalue weighted by molar-refractivity contribution is -0.433. The molecular weight excluding hydrogens is 398 g/mol. The van der Waals surface area contributed by atoms with E-state index in [9.17, 15) is 14.9 Å². The maximum absolute atomic E-state index is 11.8. The third-order valence-corrected chi connectivity index (χ3v) is 4.69. The van der Waals surface area contributed by atoms with Gasteiger partial charge >= 0.3 is 5.97 Å². The molecule has 0 atom stereocenters. The first-order chi connectivity index (χ1) is 13.7. The van der Waals surface area contributed by atoms with Gasteiger partial charge in [-0.2, -0.15) is 0 Å². The number of pyridine rings is 1. The van der Waals surface area contributed by atoms with Crippen molar-refractivity contribution in [2.45, 2.75) is 39.8 Å². The van der Waals surface area contributed by atoms with Gasteiger partial charge in [0.15, 0.2) is 5.82 Å². The zero-order chi connectivity index (χ0) is 21.6. The van der Waals surface area contributed by atoms with Crippen molar-refractivity contribution in [3.8, 4) is 0 Å².